The molecule has 7 nitrogen and oxygen atoms in total. The number of ether oxygens (including phenoxy) is 2. The zero-order valence-electron chi connectivity index (χ0n) is 21.6. The number of carbonyl (C=O) groups excluding carboxylic acids is 1. The molecule has 0 radical (unpaired) electrons. The van der Waals surface area contributed by atoms with E-state index in [1.807, 2.05) is 37.4 Å². The van der Waals surface area contributed by atoms with E-state index < -0.39 is 7.04 Å². The lowest BCUT2D eigenvalue weighted by Gasteiger charge is -2.23. The normalized spacial score (nSPS) is 21.7. The summed E-state index contributed by atoms with van der Waals surface area (Å²) >= 11 is 0. The van der Waals surface area contributed by atoms with Gasteiger partial charge in [0.2, 0.25) is 5.91 Å². The highest BCUT2D eigenvalue weighted by molar-refractivity contribution is 5.95. The molecule has 0 saturated carbocycles. The summed E-state index contributed by atoms with van der Waals surface area (Å²) in [5.41, 5.74) is 3.28. The molecule has 2 atom stereocenters. The number of piperidine rings is 1. The fourth-order valence-corrected chi connectivity index (χ4v) is 4.83. The van der Waals surface area contributed by atoms with Crippen LogP contribution < -0.4 is 25.0 Å². The molecule has 0 spiro atoms. The van der Waals surface area contributed by atoms with Crippen molar-refractivity contribution < 1.29 is 18.4 Å². The molecule has 33 heavy (non-hydrogen) atoms. The van der Waals surface area contributed by atoms with Gasteiger partial charge in [0, 0.05) is 48.9 Å². The summed E-state index contributed by atoms with van der Waals surface area (Å²) in [6.07, 6.45) is 0.967. The van der Waals surface area contributed by atoms with E-state index in [1.54, 1.807) is 12.1 Å². The number of pyridine rings is 1. The Kier molecular flexibility index (Phi) is 5.10. The van der Waals surface area contributed by atoms with Crippen molar-refractivity contribution in [1.29, 1.82) is 0 Å². The third-order valence-corrected chi connectivity index (χ3v) is 6.58. The van der Waals surface area contributed by atoms with Crippen molar-refractivity contribution in [2.24, 2.45) is 11.8 Å². The zero-order valence-corrected chi connectivity index (χ0v) is 18.6. The molecule has 172 valence electrons. The minimum atomic E-state index is -2.55. The predicted octanol–water partition coefficient (Wildman–Crippen LogP) is 3.08. The monoisotopic (exact) mass is 449 g/mol. The highest BCUT2D eigenvalue weighted by atomic mass is 16.5. The molecule has 1 aromatic heterocycles. The molecule has 2 unspecified atom stereocenters. The maximum absolute atomic E-state index is 12.5. The second-order valence-corrected chi connectivity index (χ2v) is 8.64. The molecule has 5 rings (SSSR count). The van der Waals surface area contributed by atoms with Gasteiger partial charge in [0.05, 0.1) is 28.3 Å². The summed E-state index contributed by atoms with van der Waals surface area (Å²) in [5.74, 6) is 1.42. The Balaban J connectivity index is 1.53. The Morgan fingerprint density at radius 1 is 1.18 bits per heavy atom. The number of aromatic nitrogens is 1. The Hall–Kier alpha value is -3.32. The first-order valence-electron chi connectivity index (χ1n) is 12.8. The fourth-order valence-electron chi connectivity index (χ4n) is 4.83. The maximum atomic E-state index is 12.5. The molecular formula is C26H30N4O3. The first-order chi connectivity index (χ1) is 17.3. The Morgan fingerprint density at radius 3 is 2.82 bits per heavy atom. The van der Waals surface area contributed by atoms with Crippen LogP contribution in [-0.2, 0) is 4.79 Å². The van der Waals surface area contributed by atoms with Gasteiger partial charge in [-0.3, -0.25) is 4.79 Å². The number of amides is 1. The van der Waals surface area contributed by atoms with E-state index in [-0.39, 0.29) is 17.6 Å². The van der Waals surface area contributed by atoms with Crippen LogP contribution in [0.25, 0.3) is 22.2 Å². The second-order valence-electron chi connectivity index (χ2n) is 8.64. The average Bonchev–Trinajstić information content (AvgIpc) is 3.28. The van der Waals surface area contributed by atoms with Crippen LogP contribution in [-0.4, -0.2) is 57.8 Å². The lowest BCUT2D eigenvalue weighted by atomic mass is 9.89. The molecule has 2 N–H and O–H groups in total. The molecule has 2 aliphatic rings. The van der Waals surface area contributed by atoms with Crippen LogP contribution >= 0.6 is 0 Å². The summed E-state index contributed by atoms with van der Waals surface area (Å²) in [6, 6.07) is 15.0. The minimum absolute atomic E-state index is 0.0300. The second kappa shape index (κ2) is 9.27. The van der Waals surface area contributed by atoms with E-state index in [2.05, 4.69) is 21.6 Å². The van der Waals surface area contributed by atoms with Gasteiger partial charge >= 0.3 is 0 Å². The van der Waals surface area contributed by atoms with Gasteiger partial charge in [-0.15, -0.1) is 0 Å². The first-order valence-corrected chi connectivity index (χ1v) is 11.3. The SMILES string of the molecule is [2H]C([2H])([2H])Oc1ccc2c(N3CC4CCNC(=O)C4C3)cc(-c3ccc(OCCNC)cc3)nc2c1. The zero-order chi connectivity index (χ0) is 25.3. The number of likely N-dealkylation sites (N-methyl/N-ethyl adjacent to an activating group) is 1. The number of nitrogens with zero attached hydrogens (tertiary/aromatic N) is 2. The van der Waals surface area contributed by atoms with Gasteiger partial charge in [-0.25, -0.2) is 4.98 Å². The first kappa shape index (κ1) is 18.1. The Bertz CT molecular complexity index is 1250. The van der Waals surface area contributed by atoms with Crippen LogP contribution in [0.5, 0.6) is 11.5 Å². The number of methoxy groups -OCH3 is 1. The number of rotatable bonds is 7. The summed E-state index contributed by atoms with van der Waals surface area (Å²) in [5, 5.41) is 6.94. The molecule has 1 amide bonds. The van der Waals surface area contributed by atoms with Gasteiger partial charge in [-0.1, -0.05) is 0 Å². The summed E-state index contributed by atoms with van der Waals surface area (Å²) in [6.45, 7) is 3.48. The highest BCUT2D eigenvalue weighted by Gasteiger charge is 2.40. The summed E-state index contributed by atoms with van der Waals surface area (Å²) in [4.78, 5) is 19.6. The van der Waals surface area contributed by atoms with Crippen LogP contribution in [0, 0.1) is 11.8 Å². The van der Waals surface area contributed by atoms with Gasteiger partial charge < -0.3 is 25.0 Å². The van der Waals surface area contributed by atoms with Crippen LogP contribution in [0.15, 0.2) is 48.5 Å². The van der Waals surface area contributed by atoms with E-state index in [0.29, 0.717) is 24.6 Å². The smallest absolute Gasteiger partial charge is 0.225 e. The van der Waals surface area contributed by atoms with Crippen molar-refractivity contribution in [3.8, 4) is 22.8 Å². The van der Waals surface area contributed by atoms with E-state index in [9.17, 15) is 4.79 Å². The molecule has 0 bridgehead atoms. The van der Waals surface area contributed by atoms with E-state index in [0.717, 1.165) is 54.1 Å². The lowest BCUT2D eigenvalue weighted by Crippen LogP contribution is -2.41. The number of carbonyl (C=O) groups is 1. The van der Waals surface area contributed by atoms with E-state index in [4.69, 9.17) is 18.6 Å². The number of anilines is 1. The van der Waals surface area contributed by atoms with Crippen molar-refractivity contribution >= 4 is 22.5 Å². The topological polar surface area (TPSA) is 75.7 Å². The van der Waals surface area contributed by atoms with E-state index >= 15 is 0 Å². The standard InChI is InChI=1S/C26H30N4O3/c1-27-11-12-33-19-5-3-17(4-6-19)23-14-25(21-8-7-20(32-2)13-24(21)29-23)30-15-18-9-10-28-26(31)22(18)16-30/h3-8,13-14,18,22,27H,9-12,15-16H2,1-2H3,(H,28,31)/i2D3. The number of nitrogens with one attached hydrogen (secondary N) is 2. The third-order valence-electron chi connectivity index (χ3n) is 6.58. The number of fused-ring (bicyclic) bond motifs is 2. The van der Waals surface area contributed by atoms with Crippen molar-refractivity contribution in [2.45, 2.75) is 6.42 Å². The van der Waals surface area contributed by atoms with E-state index in [1.165, 1.54) is 0 Å². The third kappa shape index (κ3) is 4.33. The molecule has 2 saturated heterocycles. The van der Waals surface area contributed by atoms with Gasteiger partial charge in [0.15, 0.2) is 0 Å². The van der Waals surface area contributed by atoms with Gasteiger partial charge in [0.1, 0.15) is 18.1 Å². The van der Waals surface area contributed by atoms with Gasteiger partial charge in [-0.2, -0.15) is 0 Å². The van der Waals surface area contributed by atoms with Gasteiger partial charge in [0.25, 0.3) is 0 Å². The average molecular weight is 450 g/mol. The van der Waals surface area contributed by atoms with Crippen molar-refractivity contribution in [3.05, 3.63) is 48.5 Å². The molecular weight excluding hydrogens is 416 g/mol. The highest BCUT2D eigenvalue weighted by Crippen LogP contribution is 2.38. The van der Waals surface area contributed by atoms with Crippen LogP contribution in [0.1, 0.15) is 10.5 Å². The molecule has 2 fully saturated rings. The van der Waals surface area contributed by atoms with Crippen molar-refractivity contribution in [1.82, 2.24) is 15.6 Å². The molecule has 3 aromatic rings. The van der Waals surface area contributed by atoms with Crippen molar-refractivity contribution in [3.63, 3.8) is 0 Å². The molecule has 7 heteroatoms. The molecule has 3 heterocycles. The fraction of sp³-hybridized carbons (Fsp3) is 0.385. The Labute approximate surface area is 198 Å². The lowest BCUT2D eigenvalue weighted by molar-refractivity contribution is -0.127. The summed E-state index contributed by atoms with van der Waals surface area (Å²) in [7, 11) is -0.666. The molecule has 2 aromatic carbocycles. The Morgan fingerprint density at radius 2 is 2.03 bits per heavy atom. The van der Waals surface area contributed by atoms with Crippen LogP contribution in [0.4, 0.5) is 5.69 Å². The van der Waals surface area contributed by atoms with Crippen LogP contribution in [0.2, 0.25) is 0 Å². The molecule has 0 aliphatic carbocycles. The quantitative estimate of drug-likeness (QED) is 0.540. The summed E-state index contributed by atoms with van der Waals surface area (Å²) < 4.78 is 33.2. The number of benzene rings is 2. The maximum Gasteiger partial charge on any atom is 0.225 e. The predicted molar refractivity (Wildman–Crippen MR) is 130 cm³/mol. The molecule has 2 aliphatic heterocycles. The number of hydrogen-bond donors (Lipinski definition) is 2. The minimum Gasteiger partial charge on any atom is -0.497 e. The van der Waals surface area contributed by atoms with Crippen LogP contribution in [0.3, 0.4) is 0 Å². The number of hydrogen-bond acceptors (Lipinski definition) is 6. The van der Waals surface area contributed by atoms with Gasteiger partial charge in [-0.05, 0) is 61.9 Å². The largest absolute Gasteiger partial charge is 0.497 e. The van der Waals surface area contributed by atoms with Crippen molar-refractivity contribution in [2.75, 3.05) is 51.8 Å².